The Morgan fingerprint density at radius 1 is 1.24 bits per heavy atom. The van der Waals surface area contributed by atoms with Gasteiger partial charge in [0.05, 0.1) is 13.7 Å². The molecule has 0 saturated carbocycles. The molecule has 1 aliphatic rings. The first-order chi connectivity index (χ1) is 17.9. The minimum atomic E-state index is -0.713. The zero-order chi connectivity index (χ0) is 26.6. The van der Waals surface area contributed by atoms with Gasteiger partial charge in [0.1, 0.15) is 11.9 Å². The number of halogens is 2. The van der Waals surface area contributed by atoms with Gasteiger partial charge in [-0.15, -0.1) is 0 Å². The third-order valence-electron chi connectivity index (χ3n) is 6.23. The fourth-order valence-electron chi connectivity index (χ4n) is 4.39. The predicted octanol–water partition coefficient (Wildman–Crippen LogP) is 4.72. The number of carbonyl (C=O) groups excluding carboxylic acids is 2. The van der Waals surface area contributed by atoms with Crippen LogP contribution in [0.4, 0.5) is 9.18 Å². The maximum absolute atomic E-state index is 14.2. The van der Waals surface area contributed by atoms with Crippen molar-refractivity contribution in [2.24, 2.45) is 5.92 Å². The molecule has 2 amide bonds. The summed E-state index contributed by atoms with van der Waals surface area (Å²) >= 11 is 6.10. The third-order valence-corrected chi connectivity index (χ3v) is 6.45. The summed E-state index contributed by atoms with van der Waals surface area (Å²) in [4.78, 5) is 24.7. The quantitative estimate of drug-likeness (QED) is 0.302. The van der Waals surface area contributed by atoms with Crippen molar-refractivity contribution < 1.29 is 28.2 Å². The normalized spacial score (nSPS) is 16.2. The topological polar surface area (TPSA) is 89.1 Å². The average Bonchev–Trinajstić information content (AvgIpc) is 2.90. The lowest BCUT2D eigenvalue weighted by atomic mass is 9.97. The number of nitrogens with zero attached hydrogens (tertiary/aromatic N) is 1. The van der Waals surface area contributed by atoms with E-state index in [1.54, 1.807) is 42.4 Å². The number of ether oxygens (including phenoxy) is 3. The first kappa shape index (κ1) is 28.8. The van der Waals surface area contributed by atoms with E-state index in [0.717, 1.165) is 38.9 Å². The van der Waals surface area contributed by atoms with Gasteiger partial charge in [-0.25, -0.2) is 14.6 Å². The van der Waals surface area contributed by atoms with Gasteiger partial charge in [-0.05, 0) is 73.1 Å². The number of hydrogen-bond acceptors (Lipinski definition) is 6. The number of hydrogen-bond donors (Lipinski definition) is 2. The lowest BCUT2D eigenvalue weighted by Crippen LogP contribution is -2.41. The molecule has 0 radical (unpaired) electrons. The summed E-state index contributed by atoms with van der Waals surface area (Å²) in [5.74, 6) is -0.135. The molecular formula is C27H35ClFN3O5. The van der Waals surface area contributed by atoms with E-state index in [9.17, 15) is 14.0 Å². The van der Waals surface area contributed by atoms with Crippen LogP contribution in [0.2, 0.25) is 5.02 Å². The molecule has 8 nitrogen and oxygen atoms in total. The molecule has 0 spiro atoms. The van der Waals surface area contributed by atoms with Crippen molar-refractivity contribution in [3.63, 3.8) is 0 Å². The smallest absolute Gasteiger partial charge is 0.406 e. The molecule has 1 heterocycles. The van der Waals surface area contributed by atoms with Crippen LogP contribution in [-0.4, -0.2) is 64.1 Å². The minimum Gasteiger partial charge on any atom is -0.453 e. The number of hydrazine groups is 1. The van der Waals surface area contributed by atoms with Crippen molar-refractivity contribution in [3.05, 3.63) is 70.0 Å². The lowest BCUT2D eigenvalue weighted by molar-refractivity contribution is 0.0476. The molecule has 1 saturated heterocycles. The Morgan fingerprint density at radius 2 is 2.08 bits per heavy atom. The summed E-state index contributed by atoms with van der Waals surface area (Å²) in [6, 6.07) is 11.2. The van der Waals surface area contributed by atoms with Crippen LogP contribution in [0.15, 0.2) is 42.5 Å². The molecule has 37 heavy (non-hydrogen) atoms. The van der Waals surface area contributed by atoms with Crippen molar-refractivity contribution in [2.45, 2.75) is 31.8 Å². The summed E-state index contributed by atoms with van der Waals surface area (Å²) in [6.07, 6.45) is 2.82. The second-order valence-corrected chi connectivity index (χ2v) is 9.34. The second kappa shape index (κ2) is 14.9. The molecule has 202 valence electrons. The van der Waals surface area contributed by atoms with Crippen LogP contribution < -0.4 is 10.7 Å². The molecular weight excluding hydrogens is 501 g/mol. The molecule has 0 aromatic heterocycles. The molecule has 0 bridgehead atoms. The average molecular weight is 536 g/mol. The summed E-state index contributed by atoms with van der Waals surface area (Å²) < 4.78 is 30.3. The standard InChI is InChI=1S/C27H35ClFN3O5/c1-30-32(11-4-6-19-7-5-12-36-18-19)26(33)21-9-3-8-20(14-21)25(37-13-10-31-27(34)35-2)22-15-23(28)17-24(29)16-22/h3,8-9,14-17,19,25,30H,4-7,10-13,18H2,1-2H3,(H,31,34)/t19?,25-/m1/s1. The number of rotatable bonds is 12. The molecule has 0 aliphatic carbocycles. The van der Waals surface area contributed by atoms with Crippen molar-refractivity contribution in [2.75, 3.05) is 47.1 Å². The van der Waals surface area contributed by atoms with E-state index >= 15 is 0 Å². The Labute approximate surface area is 222 Å². The number of carbonyl (C=O) groups is 2. The van der Waals surface area contributed by atoms with Crippen LogP contribution in [0.1, 0.15) is 53.3 Å². The number of benzene rings is 2. The molecule has 1 fully saturated rings. The summed E-state index contributed by atoms with van der Waals surface area (Å²) in [6.45, 7) is 2.50. The highest BCUT2D eigenvalue weighted by molar-refractivity contribution is 6.30. The predicted molar refractivity (Wildman–Crippen MR) is 139 cm³/mol. The van der Waals surface area contributed by atoms with E-state index in [1.165, 1.54) is 19.2 Å². The lowest BCUT2D eigenvalue weighted by Gasteiger charge is -2.25. The number of amides is 2. The van der Waals surface area contributed by atoms with Gasteiger partial charge in [-0.3, -0.25) is 9.80 Å². The zero-order valence-corrected chi connectivity index (χ0v) is 22.1. The van der Waals surface area contributed by atoms with Crippen LogP contribution in [0.3, 0.4) is 0 Å². The van der Waals surface area contributed by atoms with Crippen LogP contribution in [0.25, 0.3) is 0 Å². The van der Waals surface area contributed by atoms with Crippen molar-refractivity contribution in [1.29, 1.82) is 0 Å². The molecule has 2 aromatic rings. The second-order valence-electron chi connectivity index (χ2n) is 8.90. The monoisotopic (exact) mass is 535 g/mol. The molecule has 2 aromatic carbocycles. The Balaban J connectivity index is 1.73. The van der Waals surface area contributed by atoms with E-state index in [2.05, 4.69) is 15.5 Å². The fourth-order valence-corrected chi connectivity index (χ4v) is 4.62. The first-order valence-corrected chi connectivity index (χ1v) is 12.9. The zero-order valence-electron chi connectivity index (χ0n) is 21.3. The Morgan fingerprint density at radius 3 is 2.78 bits per heavy atom. The van der Waals surface area contributed by atoms with E-state index in [4.69, 9.17) is 21.1 Å². The molecule has 2 atom stereocenters. The van der Waals surface area contributed by atoms with Crippen LogP contribution >= 0.6 is 11.6 Å². The maximum Gasteiger partial charge on any atom is 0.406 e. The fraction of sp³-hybridized carbons (Fsp3) is 0.481. The van der Waals surface area contributed by atoms with Gasteiger partial charge in [0.2, 0.25) is 0 Å². The summed E-state index contributed by atoms with van der Waals surface area (Å²) in [7, 11) is 3.00. The SMILES string of the molecule is CNN(CCCC1CCCOC1)C(=O)c1cccc([C@@H](OCCNC(=O)OC)c2cc(F)cc(Cl)c2)c1. The molecule has 10 heteroatoms. The number of methoxy groups -OCH3 is 1. The third kappa shape index (κ3) is 8.96. The van der Waals surface area contributed by atoms with Crippen molar-refractivity contribution in [3.8, 4) is 0 Å². The molecule has 2 N–H and O–H groups in total. The molecule has 1 aliphatic heterocycles. The highest BCUT2D eigenvalue weighted by Crippen LogP contribution is 2.30. The Kier molecular flexibility index (Phi) is 11.6. The maximum atomic E-state index is 14.2. The number of alkyl carbamates (subject to hydrolysis) is 1. The first-order valence-electron chi connectivity index (χ1n) is 12.5. The van der Waals surface area contributed by atoms with Gasteiger partial charge in [0.25, 0.3) is 5.91 Å². The molecule has 1 unspecified atom stereocenters. The Hall–Kier alpha value is -2.72. The number of nitrogens with one attached hydrogen (secondary N) is 2. The largest absolute Gasteiger partial charge is 0.453 e. The van der Waals surface area contributed by atoms with Gasteiger partial charge in [0.15, 0.2) is 0 Å². The highest BCUT2D eigenvalue weighted by Gasteiger charge is 2.21. The van der Waals surface area contributed by atoms with Gasteiger partial charge < -0.3 is 19.5 Å². The highest BCUT2D eigenvalue weighted by atomic mass is 35.5. The van der Waals surface area contributed by atoms with Crippen LogP contribution in [-0.2, 0) is 14.2 Å². The van der Waals surface area contributed by atoms with Gasteiger partial charge in [-0.1, -0.05) is 23.7 Å². The van der Waals surface area contributed by atoms with E-state index < -0.39 is 18.0 Å². The van der Waals surface area contributed by atoms with E-state index in [0.29, 0.717) is 29.2 Å². The minimum absolute atomic E-state index is 0.125. The van der Waals surface area contributed by atoms with Crippen molar-refractivity contribution >= 4 is 23.6 Å². The van der Waals surface area contributed by atoms with Crippen LogP contribution in [0.5, 0.6) is 0 Å². The van der Waals surface area contributed by atoms with Gasteiger partial charge in [0, 0.05) is 43.9 Å². The summed E-state index contributed by atoms with van der Waals surface area (Å²) in [5.41, 5.74) is 4.61. The van der Waals surface area contributed by atoms with Crippen molar-refractivity contribution in [1.82, 2.24) is 15.8 Å². The summed E-state index contributed by atoms with van der Waals surface area (Å²) in [5, 5.41) is 4.37. The van der Waals surface area contributed by atoms with E-state index in [-0.39, 0.29) is 24.1 Å². The molecule has 3 rings (SSSR count). The van der Waals surface area contributed by atoms with Gasteiger partial charge in [-0.2, -0.15) is 0 Å². The van der Waals surface area contributed by atoms with E-state index in [1.807, 2.05) is 0 Å². The van der Waals surface area contributed by atoms with Crippen LogP contribution in [0, 0.1) is 11.7 Å². The van der Waals surface area contributed by atoms with Gasteiger partial charge >= 0.3 is 6.09 Å². The Bertz CT molecular complexity index is 1010.